The van der Waals surface area contributed by atoms with Gasteiger partial charge < -0.3 is 10.6 Å². The normalized spacial score (nSPS) is 19.9. The summed E-state index contributed by atoms with van der Waals surface area (Å²) >= 11 is 0. The van der Waals surface area contributed by atoms with Crippen LogP contribution in [-0.2, 0) is 9.84 Å². The molecule has 1 aliphatic heterocycles. The van der Waals surface area contributed by atoms with E-state index in [1.807, 2.05) is 6.92 Å². The number of likely N-dealkylation sites (tertiary alicyclic amines) is 1. The first-order valence-corrected chi connectivity index (χ1v) is 8.54. The lowest BCUT2D eigenvalue weighted by Gasteiger charge is -2.31. The van der Waals surface area contributed by atoms with Crippen molar-refractivity contribution in [3.05, 3.63) is 29.3 Å². The highest BCUT2D eigenvalue weighted by Gasteiger charge is 2.24. The summed E-state index contributed by atoms with van der Waals surface area (Å²) in [6.45, 7) is 3.01. The Morgan fingerprint density at radius 3 is 2.70 bits per heavy atom. The van der Waals surface area contributed by atoms with Gasteiger partial charge in [-0.05, 0) is 37.5 Å². The number of nitrogens with zero attached hydrogens (tertiary/aromatic N) is 1. The van der Waals surface area contributed by atoms with Gasteiger partial charge in [-0.1, -0.05) is 6.07 Å². The third kappa shape index (κ3) is 3.19. The predicted molar refractivity (Wildman–Crippen MR) is 77.4 cm³/mol. The van der Waals surface area contributed by atoms with Crippen LogP contribution < -0.4 is 5.73 Å². The molecule has 1 unspecified atom stereocenters. The fraction of sp³-hybridized carbons (Fsp3) is 0.500. The largest absolute Gasteiger partial charge is 0.337 e. The maximum atomic E-state index is 12.5. The van der Waals surface area contributed by atoms with Crippen molar-refractivity contribution >= 4 is 15.7 Å². The fourth-order valence-corrected chi connectivity index (χ4v) is 3.07. The van der Waals surface area contributed by atoms with E-state index in [-0.39, 0.29) is 16.8 Å². The number of sulfone groups is 1. The zero-order chi connectivity index (χ0) is 14.9. The molecule has 0 saturated carbocycles. The summed E-state index contributed by atoms with van der Waals surface area (Å²) in [7, 11) is -3.31. The molecular formula is C14H20N2O3S. The van der Waals surface area contributed by atoms with Gasteiger partial charge in [-0.25, -0.2) is 8.42 Å². The smallest absolute Gasteiger partial charge is 0.254 e. The number of rotatable bonds is 2. The lowest BCUT2D eigenvalue weighted by atomic mass is 10.0. The summed E-state index contributed by atoms with van der Waals surface area (Å²) in [4.78, 5) is 14.4. The molecule has 0 aromatic heterocycles. The Bertz CT molecular complexity index is 625. The molecule has 0 aliphatic carbocycles. The standard InChI is InChI=1S/C14H20N2O3S/c1-10-5-6-12(20(2,18)19)8-13(10)14(17)16-7-3-4-11(15)9-16/h5-6,8,11H,3-4,7,9,15H2,1-2H3. The molecule has 0 spiro atoms. The Kier molecular flexibility index (Phi) is 4.15. The Morgan fingerprint density at radius 1 is 1.40 bits per heavy atom. The molecule has 1 fully saturated rings. The van der Waals surface area contributed by atoms with E-state index in [1.165, 1.54) is 12.1 Å². The van der Waals surface area contributed by atoms with Crippen LogP contribution in [0.2, 0.25) is 0 Å². The molecule has 2 rings (SSSR count). The molecule has 1 atom stereocenters. The quantitative estimate of drug-likeness (QED) is 0.881. The molecule has 1 amide bonds. The number of hydrogen-bond acceptors (Lipinski definition) is 4. The van der Waals surface area contributed by atoms with Gasteiger partial charge in [-0.15, -0.1) is 0 Å². The molecule has 1 aromatic rings. The number of aryl methyl sites for hydroxylation is 1. The van der Waals surface area contributed by atoms with E-state index in [2.05, 4.69) is 0 Å². The van der Waals surface area contributed by atoms with Gasteiger partial charge in [0.1, 0.15) is 0 Å². The van der Waals surface area contributed by atoms with E-state index < -0.39 is 9.84 Å². The topological polar surface area (TPSA) is 80.5 Å². The van der Waals surface area contributed by atoms with E-state index >= 15 is 0 Å². The van der Waals surface area contributed by atoms with Crippen LogP contribution in [0.25, 0.3) is 0 Å². The van der Waals surface area contributed by atoms with Gasteiger partial charge in [0.15, 0.2) is 9.84 Å². The van der Waals surface area contributed by atoms with E-state index in [9.17, 15) is 13.2 Å². The van der Waals surface area contributed by atoms with Crippen molar-refractivity contribution in [3.8, 4) is 0 Å². The minimum absolute atomic E-state index is 0.00564. The van der Waals surface area contributed by atoms with Crippen LogP contribution in [0.5, 0.6) is 0 Å². The van der Waals surface area contributed by atoms with Crippen LogP contribution in [0.4, 0.5) is 0 Å². The van der Waals surface area contributed by atoms with Gasteiger partial charge in [0.2, 0.25) is 0 Å². The van der Waals surface area contributed by atoms with E-state index in [4.69, 9.17) is 5.73 Å². The fourth-order valence-electron chi connectivity index (χ4n) is 2.43. The molecular weight excluding hydrogens is 276 g/mol. The molecule has 1 aromatic carbocycles. The monoisotopic (exact) mass is 296 g/mol. The van der Waals surface area contributed by atoms with Crippen LogP contribution in [0.3, 0.4) is 0 Å². The number of carbonyl (C=O) groups is 1. The van der Waals surface area contributed by atoms with Crippen LogP contribution in [-0.4, -0.2) is 44.6 Å². The highest BCUT2D eigenvalue weighted by Crippen LogP contribution is 2.19. The van der Waals surface area contributed by atoms with Crippen molar-refractivity contribution in [2.75, 3.05) is 19.3 Å². The molecule has 2 N–H and O–H groups in total. The second-order valence-corrected chi connectivity index (χ2v) is 7.42. The minimum Gasteiger partial charge on any atom is -0.337 e. The van der Waals surface area contributed by atoms with E-state index in [0.29, 0.717) is 18.7 Å². The SMILES string of the molecule is Cc1ccc(S(C)(=O)=O)cc1C(=O)N1CCCC(N)C1. The number of carbonyl (C=O) groups excluding carboxylic acids is 1. The van der Waals surface area contributed by atoms with E-state index in [1.54, 1.807) is 11.0 Å². The van der Waals surface area contributed by atoms with Gasteiger partial charge in [-0.3, -0.25) is 4.79 Å². The van der Waals surface area contributed by atoms with Crippen molar-refractivity contribution in [1.82, 2.24) is 4.90 Å². The Hall–Kier alpha value is -1.40. The van der Waals surface area contributed by atoms with E-state index in [0.717, 1.165) is 24.7 Å². The van der Waals surface area contributed by atoms with Gasteiger partial charge in [-0.2, -0.15) is 0 Å². The lowest BCUT2D eigenvalue weighted by Crippen LogP contribution is -2.45. The average Bonchev–Trinajstić information content (AvgIpc) is 2.37. The second-order valence-electron chi connectivity index (χ2n) is 5.40. The second kappa shape index (κ2) is 5.54. The third-order valence-corrected chi connectivity index (χ3v) is 4.72. The highest BCUT2D eigenvalue weighted by atomic mass is 32.2. The van der Waals surface area contributed by atoms with Crippen LogP contribution in [0.15, 0.2) is 23.1 Å². The van der Waals surface area contributed by atoms with Gasteiger partial charge in [0.05, 0.1) is 4.90 Å². The van der Waals surface area contributed by atoms with Crippen LogP contribution in [0.1, 0.15) is 28.8 Å². The number of amides is 1. The zero-order valence-corrected chi connectivity index (χ0v) is 12.6. The molecule has 5 nitrogen and oxygen atoms in total. The van der Waals surface area contributed by atoms with Crippen LogP contribution >= 0.6 is 0 Å². The average molecular weight is 296 g/mol. The number of benzene rings is 1. The molecule has 0 radical (unpaired) electrons. The molecule has 1 aliphatic rings. The Morgan fingerprint density at radius 2 is 2.10 bits per heavy atom. The lowest BCUT2D eigenvalue weighted by molar-refractivity contribution is 0.0708. The highest BCUT2D eigenvalue weighted by molar-refractivity contribution is 7.90. The predicted octanol–water partition coefficient (Wildman–Crippen LogP) is 0.962. The summed E-state index contributed by atoms with van der Waals surface area (Å²) < 4.78 is 23.2. The Labute approximate surface area is 119 Å². The first-order valence-electron chi connectivity index (χ1n) is 6.64. The molecule has 1 heterocycles. The van der Waals surface area contributed by atoms with Crippen LogP contribution in [0, 0.1) is 6.92 Å². The van der Waals surface area contributed by atoms with Crippen molar-refractivity contribution in [2.24, 2.45) is 5.73 Å². The summed E-state index contributed by atoms with van der Waals surface area (Å²) in [5.41, 5.74) is 7.11. The summed E-state index contributed by atoms with van der Waals surface area (Å²) in [6.07, 6.45) is 2.95. The minimum atomic E-state index is -3.31. The van der Waals surface area contributed by atoms with Gasteiger partial charge in [0, 0.05) is 31.0 Å². The van der Waals surface area contributed by atoms with Crippen molar-refractivity contribution in [2.45, 2.75) is 30.7 Å². The summed E-state index contributed by atoms with van der Waals surface area (Å²) in [5.74, 6) is -0.136. The summed E-state index contributed by atoms with van der Waals surface area (Å²) in [6, 6.07) is 4.68. The number of nitrogens with two attached hydrogens (primary N) is 1. The third-order valence-electron chi connectivity index (χ3n) is 3.61. The first-order chi connectivity index (χ1) is 9.29. The maximum Gasteiger partial charge on any atom is 0.254 e. The summed E-state index contributed by atoms with van der Waals surface area (Å²) in [5, 5.41) is 0. The van der Waals surface area contributed by atoms with Crippen molar-refractivity contribution < 1.29 is 13.2 Å². The number of piperidine rings is 1. The Balaban J connectivity index is 2.34. The van der Waals surface area contributed by atoms with Crippen molar-refractivity contribution in [3.63, 3.8) is 0 Å². The van der Waals surface area contributed by atoms with Crippen molar-refractivity contribution in [1.29, 1.82) is 0 Å². The zero-order valence-electron chi connectivity index (χ0n) is 11.8. The molecule has 0 bridgehead atoms. The molecule has 1 saturated heterocycles. The molecule has 6 heteroatoms. The maximum absolute atomic E-state index is 12.5. The molecule has 110 valence electrons. The number of hydrogen-bond donors (Lipinski definition) is 1. The molecule has 20 heavy (non-hydrogen) atoms. The van der Waals surface area contributed by atoms with Gasteiger partial charge >= 0.3 is 0 Å². The van der Waals surface area contributed by atoms with Gasteiger partial charge in [0.25, 0.3) is 5.91 Å². The first kappa shape index (κ1) is 15.0.